The number of hydrogen-bond acceptors (Lipinski definition) is 4. The molecule has 0 atom stereocenters. The lowest BCUT2D eigenvalue weighted by Crippen LogP contribution is -2.50. The molecule has 2 aliphatic rings. The number of carbonyl (C=O) groups excluding carboxylic acids is 2. The van der Waals surface area contributed by atoms with Crippen LogP contribution in [0.4, 0.5) is 0 Å². The fraction of sp³-hybridized carbons (Fsp3) is 0.303. The van der Waals surface area contributed by atoms with Gasteiger partial charge in [-0.05, 0) is 54.8 Å². The Hall–Kier alpha value is -3.94. The van der Waals surface area contributed by atoms with Crippen LogP contribution in [-0.2, 0) is 23.3 Å². The molecule has 0 spiro atoms. The molecule has 4 aromatic rings. The van der Waals surface area contributed by atoms with Gasteiger partial charge in [-0.25, -0.2) is 4.98 Å². The minimum atomic E-state index is -0.152. The van der Waals surface area contributed by atoms with Crippen LogP contribution in [0.5, 0.6) is 0 Å². The molecule has 7 nitrogen and oxygen atoms in total. The topological polar surface area (TPSA) is 70.5 Å². The van der Waals surface area contributed by atoms with Crippen molar-refractivity contribution in [1.82, 2.24) is 24.7 Å². The van der Waals surface area contributed by atoms with E-state index in [2.05, 4.69) is 70.9 Å². The lowest BCUT2D eigenvalue weighted by molar-refractivity contribution is -0.123. The normalized spacial score (nSPS) is 17.3. The predicted molar refractivity (Wildman–Crippen MR) is 160 cm³/mol. The molecule has 0 unspecified atom stereocenters. The average molecular weight is 568 g/mol. The van der Waals surface area contributed by atoms with Gasteiger partial charge in [-0.3, -0.25) is 14.5 Å². The molecule has 0 radical (unpaired) electrons. The Morgan fingerprint density at radius 2 is 1.49 bits per heavy atom. The summed E-state index contributed by atoms with van der Waals surface area (Å²) in [4.78, 5) is 34.7. The smallest absolute Gasteiger partial charge is 0.273 e. The maximum Gasteiger partial charge on any atom is 0.273 e. The molecule has 6 rings (SSSR count). The van der Waals surface area contributed by atoms with E-state index in [0.717, 1.165) is 37.2 Å². The summed E-state index contributed by atoms with van der Waals surface area (Å²) in [5, 5.41) is 3.48. The number of rotatable bonds is 7. The van der Waals surface area contributed by atoms with Crippen molar-refractivity contribution in [2.24, 2.45) is 0 Å². The van der Waals surface area contributed by atoms with Crippen molar-refractivity contribution in [3.05, 3.63) is 124 Å². The standard InChI is InChI=1S/C33H34ClN5O2/c34-28-13-11-25(12-14-28)21-39-24-36-29(31(39)32(41)38-20-17-35-30(40)23-38)22-37-18-15-33(16-19-37,26-7-3-1-4-8-26)27-9-5-2-6-10-27/h1-14,24H,15-23H2,(H,35,40). The largest absolute Gasteiger partial charge is 0.353 e. The predicted octanol–water partition coefficient (Wildman–Crippen LogP) is 4.74. The second-order valence-corrected chi connectivity index (χ2v) is 11.4. The van der Waals surface area contributed by atoms with Gasteiger partial charge >= 0.3 is 0 Å². The highest BCUT2D eigenvalue weighted by atomic mass is 35.5. The van der Waals surface area contributed by atoms with E-state index in [1.807, 2.05) is 28.8 Å². The molecule has 2 fully saturated rings. The number of likely N-dealkylation sites (tertiary alicyclic amines) is 1. The van der Waals surface area contributed by atoms with Crippen LogP contribution in [0, 0.1) is 0 Å². The quantitative estimate of drug-likeness (QED) is 0.350. The fourth-order valence-electron chi connectivity index (χ4n) is 6.22. The maximum atomic E-state index is 13.9. The molecular formula is C33H34ClN5O2. The van der Waals surface area contributed by atoms with Gasteiger partial charge in [0.15, 0.2) is 0 Å². The Morgan fingerprint density at radius 3 is 2.10 bits per heavy atom. The van der Waals surface area contributed by atoms with E-state index in [-0.39, 0.29) is 23.8 Å². The first kappa shape index (κ1) is 27.2. The molecular weight excluding hydrogens is 534 g/mol. The molecule has 0 saturated carbocycles. The van der Waals surface area contributed by atoms with Crippen LogP contribution in [0.25, 0.3) is 0 Å². The highest BCUT2D eigenvalue weighted by molar-refractivity contribution is 6.30. The molecule has 3 heterocycles. The Kier molecular flexibility index (Phi) is 7.90. The van der Waals surface area contributed by atoms with Gasteiger partial charge in [0.05, 0.1) is 18.6 Å². The molecule has 2 amide bonds. The van der Waals surface area contributed by atoms with E-state index in [1.165, 1.54) is 11.1 Å². The second kappa shape index (κ2) is 11.9. The monoisotopic (exact) mass is 567 g/mol. The number of nitrogens with one attached hydrogen (secondary N) is 1. The van der Waals surface area contributed by atoms with Crippen molar-refractivity contribution < 1.29 is 9.59 Å². The Bertz CT molecular complexity index is 1450. The van der Waals surface area contributed by atoms with Gasteiger partial charge in [0.1, 0.15) is 5.69 Å². The molecule has 1 aromatic heterocycles. The van der Waals surface area contributed by atoms with Gasteiger partial charge in [0.2, 0.25) is 5.91 Å². The van der Waals surface area contributed by atoms with Crippen LogP contribution in [0.3, 0.4) is 0 Å². The highest BCUT2D eigenvalue weighted by Gasteiger charge is 2.38. The number of carbonyl (C=O) groups is 2. The van der Waals surface area contributed by atoms with Crippen molar-refractivity contribution in [3.63, 3.8) is 0 Å². The van der Waals surface area contributed by atoms with Gasteiger partial charge in [-0.2, -0.15) is 0 Å². The molecule has 41 heavy (non-hydrogen) atoms. The molecule has 3 aromatic carbocycles. The van der Waals surface area contributed by atoms with Crippen LogP contribution < -0.4 is 5.32 Å². The average Bonchev–Trinajstić information content (AvgIpc) is 3.40. The second-order valence-electron chi connectivity index (χ2n) is 11.0. The number of imidazole rings is 1. The third-order valence-electron chi connectivity index (χ3n) is 8.44. The lowest BCUT2D eigenvalue weighted by atomic mass is 9.68. The van der Waals surface area contributed by atoms with Gasteiger partial charge in [-0.15, -0.1) is 0 Å². The van der Waals surface area contributed by atoms with Crippen LogP contribution in [0.1, 0.15) is 45.7 Å². The summed E-state index contributed by atoms with van der Waals surface area (Å²) < 4.78 is 1.91. The Morgan fingerprint density at radius 1 is 0.854 bits per heavy atom. The number of hydrogen-bond donors (Lipinski definition) is 1. The SMILES string of the molecule is O=C1CN(C(=O)c2c(CN3CCC(c4ccccc4)(c4ccccc4)CC3)ncn2Cc2ccc(Cl)cc2)CCN1. The lowest BCUT2D eigenvalue weighted by Gasteiger charge is -2.43. The first-order valence-corrected chi connectivity index (χ1v) is 14.6. The van der Waals surface area contributed by atoms with Crippen molar-refractivity contribution in [2.45, 2.75) is 31.3 Å². The Labute approximate surface area is 245 Å². The van der Waals surface area contributed by atoms with Crippen molar-refractivity contribution in [2.75, 3.05) is 32.7 Å². The Balaban J connectivity index is 1.26. The number of piperidine rings is 1. The van der Waals surface area contributed by atoms with Crippen LogP contribution in [0.15, 0.2) is 91.3 Å². The number of aromatic nitrogens is 2. The zero-order chi connectivity index (χ0) is 28.2. The summed E-state index contributed by atoms with van der Waals surface area (Å²) in [5.74, 6) is -0.287. The summed E-state index contributed by atoms with van der Waals surface area (Å²) >= 11 is 6.10. The number of piperazine rings is 1. The van der Waals surface area contributed by atoms with Crippen molar-refractivity contribution >= 4 is 23.4 Å². The minimum Gasteiger partial charge on any atom is -0.353 e. The van der Waals surface area contributed by atoms with E-state index in [4.69, 9.17) is 16.6 Å². The summed E-state index contributed by atoms with van der Waals surface area (Å²) in [6.45, 7) is 3.84. The van der Waals surface area contributed by atoms with Crippen molar-refractivity contribution in [3.8, 4) is 0 Å². The van der Waals surface area contributed by atoms with E-state index < -0.39 is 0 Å². The highest BCUT2D eigenvalue weighted by Crippen LogP contribution is 2.42. The maximum absolute atomic E-state index is 13.9. The minimum absolute atomic E-state index is 0.0488. The third-order valence-corrected chi connectivity index (χ3v) is 8.70. The molecule has 2 saturated heterocycles. The van der Waals surface area contributed by atoms with Gasteiger partial charge < -0.3 is 14.8 Å². The molecule has 0 aliphatic carbocycles. The van der Waals surface area contributed by atoms with Crippen LogP contribution in [-0.4, -0.2) is 63.9 Å². The zero-order valence-corrected chi connectivity index (χ0v) is 23.8. The van der Waals surface area contributed by atoms with Gasteiger partial charge in [0, 0.05) is 36.6 Å². The number of amides is 2. The van der Waals surface area contributed by atoms with E-state index in [9.17, 15) is 9.59 Å². The molecule has 1 N–H and O–H groups in total. The van der Waals surface area contributed by atoms with E-state index in [1.54, 1.807) is 11.2 Å². The van der Waals surface area contributed by atoms with E-state index in [0.29, 0.717) is 36.9 Å². The number of benzene rings is 3. The van der Waals surface area contributed by atoms with Gasteiger partial charge in [-0.1, -0.05) is 84.4 Å². The van der Waals surface area contributed by atoms with Crippen LogP contribution >= 0.6 is 11.6 Å². The van der Waals surface area contributed by atoms with Gasteiger partial charge in [0.25, 0.3) is 5.91 Å². The summed E-state index contributed by atoms with van der Waals surface area (Å²) in [7, 11) is 0. The van der Waals surface area contributed by atoms with E-state index >= 15 is 0 Å². The number of halogens is 1. The third kappa shape index (κ3) is 5.78. The first-order valence-electron chi connectivity index (χ1n) is 14.2. The molecule has 0 bridgehead atoms. The summed E-state index contributed by atoms with van der Waals surface area (Å²) in [6.07, 6.45) is 3.70. The zero-order valence-electron chi connectivity index (χ0n) is 23.0. The van der Waals surface area contributed by atoms with Crippen molar-refractivity contribution in [1.29, 1.82) is 0 Å². The first-order chi connectivity index (χ1) is 20.0. The molecule has 210 valence electrons. The molecule has 2 aliphatic heterocycles. The fourth-order valence-corrected chi connectivity index (χ4v) is 6.34. The summed E-state index contributed by atoms with van der Waals surface area (Å²) in [6, 6.07) is 29.2. The molecule has 8 heteroatoms. The summed E-state index contributed by atoms with van der Waals surface area (Å²) in [5.41, 5.74) is 4.97. The number of nitrogens with zero attached hydrogens (tertiary/aromatic N) is 4. The van der Waals surface area contributed by atoms with Crippen LogP contribution in [0.2, 0.25) is 5.02 Å².